The maximum absolute atomic E-state index is 12.0. The third-order valence-corrected chi connectivity index (χ3v) is 4.53. The quantitative estimate of drug-likeness (QED) is 0.848. The van der Waals surface area contributed by atoms with Crippen molar-refractivity contribution in [2.75, 3.05) is 13.2 Å². The summed E-state index contributed by atoms with van der Waals surface area (Å²) in [6, 6.07) is 3.79. The summed E-state index contributed by atoms with van der Waals surface area (Å²) < 4.78 is 28.0. The summed E-state index contributed by atoms with van der Waals surface area (Å²) in [6.07, 6.45) is 2.94. The smallest absolute Gasteiger partial charge is 0.252 e. The lowest BCUT2D eigenvalue weighted by atomic mass is 10.1. The van der Waals surface area contributed by atoms with E-state index in [1.165, 1.54) is 18.2 Å². The molecule has 2 rings (SSSR count). The third-order valence-electron chi connectivity index (χ3n) is 3.29. The van der Waals surface area contributed by atoms with Crippen molar-refractivity contribution in [3.63, 3.8) is 0 Å². The Bertz CT molecular complexity index is 627. The SMILES string of the molecule is NS(=O)(=O)c1ccc(Cl)c(C(=O)NCCC2CCCO2)c1. The number of carbonyl (C=O) groups excluding carboxylic acids is 1. The van der Waals surface area contributed by atoms with Gasteiger partial charge in [0.25, 0.3) is 5.91 Å². The standard InChI is InChI=1S/C13H17ClN2O4S/c14-12-4-3-10(21(15,18)19)8-11(12)13(17)16-6-5-9-2-1-7-20-9/h3-4,8-9H,1-2,5-7H2,(H,16,17)(H2,15,18,19). The maximum atomic E-state index is 12.0. The van der Waals surface area contributed by atoms with Crippen LogP contribution in [0.3, 0.4) is 0 Å². The van der Waals surface area contributed by atoms with Gasteiger partial charge in [-0.15, -0.1) is 0 Å². The second-order valence-corrected chi connectivity index (χ2v) is 6.83. The molecule has 1 aliphatic heterocycles. The molecule has 1 aromatic carbocycles. The molecule has 0 radical (unpaired) electrons. The fourth-order valence-corrected chi connectivity index (χ4v) is 2.91. The zero-order valence-electron chi connectivity index (χ0n) is 11.3. The summed E-state index contributed by atoms with van der Waals surface area (Å²) in [6.45, 7) is 1.21. The molecule has 1 amide bonds. The number of benzene rings is 1. The van der Waals surface area contributed by atoms with Crippen LogP contribution >= 0.6 is 11.6 Å². The molecule has 1 atom stereocenters. The summed E-state index contributed by atoms with van der Waals surface area (Å²) in [7, 11) is -3.87. The lowest BCUT2D eigenvalue weighted by Crippen LogP contribution is -2.27. The van der Waals surface area contributed by atoms with Gasteiger partial charge in [-0.05, 0) is 37.5 Å². The Kier molecular flexibility index (Phi) is 5.21. The van der Waals surface area contributed by atoms with E-state index in [0.29, 0.717) is 6.54 Å². The van der Waals surface area contributed by atoms with Crippen molar-refractivity contribution in [3.8, 4) is 0 Å². The topological polar surface area (TPSA) is 98.5 Å². The number of nitrogens with one attached hydrogen (secondary N) is 1. The van der Waals surface area contributed by atoms with Gasteiger partial charge in [0.15, 0.2) is 0 Å². The number of sulfonamides is 1. The van der Waals surface area contributed by atoms with E-state index in [0.717, 1.165) is 25.9 Å². The predicted molar refractivity (Wildman–Crippen MR) is 78.7 cm³/mol. The minimum Gasteiger partial charge on any atom is -0.378 e. The fourth-order valence-electron chi connectivity index (χ4n) is 2.17. The lowest BCUT2D eigenvalue weighted by Gasteiger charge is -2.11. The average molecular weight is 333 g/mol. The van der Waals surface area contributed by atoms with Crippen LogP contribution in [-0.4, -0.2) is 33.6 Å². The normalized spacial score (nSPS) is 18.7. The highest BCUT2D eigenvalue weighted by molar-refractivity contribution is 7.89. The van der Waals surface area contributed by atoms with E-state index < -0.39 is 15.9 Å². The minimum atomic E-state index is -3.87. The number of hydrogen-bond donors (Lipinski definition) is 2. The molecule has 1 saturated heterocycles. The Morgan fingerprint density at radius 1 is 1.48 bits per heavy atom. The highest BCUT2D eigenvalue weighted by Gasteiger charge is 2.18. The van der Waals surface area contributed by atoms with Crippen molar-refractivity contribution in [1.82, 2.24) is 5.32 Å². The van der Waals surface area contributed by atoms with E-state index >= 15 is 0 Å². The van der Waals surface area contributed by atoms with Crippen LogP contribution in [0.1, 0.15) is 29.6 Å². The van der Waals surface area contributed by atoms with Crippen molar-refractivity contribution in [1.29, 1.82) is 0 Å². The number of hydrogen-bond acceptors (Lipinski definition) is 4. The average Bonchev–Trinajstić information content (AvgIpc) is 2.91. The minimum absolute atomic E-state index is 0.0931. The van der Waals surface area contributed by atoms with Gasteiger partial charge in [0.1, 0.15) is 0 Å². The van der Waals surface area contributed by atoms with Gasteiger partial charge in [0.05, 0.1) is 21.6 Å². The number of halogens is 1. The van der Waals surface area contributed by atoms with Gasteiger partial charge in [0.2, 0.25) is 10.0 Å². The van der Waals surface area contributed by atoms with Gasteiger partial charge in [0, 0.05) is 13.2 Å². The molecule has 8 heteroatoms. The number of amides is 1. The van der Waals surface area contributed by atoms with Crippen molar-refractivity contribution < 1.29 is 17.9 Å². The molecule has 0 saturated carbocycles. The van der Waals surface area contributed by atoms with Crippen LogP contribution in [0.25, 0.3) is 0 Å². The van der Waals surface area contributed by atoms with Gasteiger partial charge in [-0.25, -0.2) is 13.6 Å². The summed E-state index contributed by atoms with van der Waals surface area (Å²) >= 11 is 5.93. The van der Waals surface area contributed by atoms with Gasteiger partial charge < -0.3 is 10.1 Å². The van der Waals surface area contributed by atoms with Gasteiger partial charge >= 0.3 is 0 Å². The van der Waals surface area contributed by atoms with E-state index in [9.17, 15) is 13.2 Å². The van der Waals surface area contributed by atoms with Crippen molar-refractivity contribution in [2.45, 2.75) is 30.3 Å². The molecule has 116 valence electrons. The van der Waals surface area contributed by atoms with E-state index in [-0.39, 0.29) is 21.6 Å². The van der Waals surface area contributed by atoms with Gasteiger partial charge in [-0.3, -0.25) is 4.79 Å². The Morgan fingerprint density at radius 3 is 2.86 bits per heavy atom. The van der Waals surface area contributed by atoms with Crippen molar-refractivity contribution in [3.05, 3.63) is 28.8 Å². The van der Waals surface area contributed by atoms with Crippen LogP contribution in [0, 0.1) is 0 Å². The molecule has 1 unspecified atom stereocenters. The van der Waals surface area contributed by atoms with Crippen molar-refractivity contribution >= 4 is 27.5 Å². The first-order valence-corrected chi connectivity index (χ1v) is 8.52. The second kappa shape index (κ2) is 6.74. The number of rotatable bonds is 5. The summed E-state index contributed by atoms with van der Waals surface area (Å²) in [5, 5.41) is 7.92. The van der Waals surface area contributed by atoms with Crippen LogP contribution in [-0.2, 0) is 14.8 Å². The number of ether oxygens (including phenoxy) is 1. The maximum Gasteiger partial charge on any atom is 0.252 e. The van der Waals surface area contributed by atoms with Crippen LogP contribution in [0.2, 0.25) is 5.02 Å². The van der Waals surface area contributed by atoms with E-state index in [4.69, 9.17) is 21.5 Å². The molecule has 0 bridgehead atoms. The summed E-state index contributed by atoms with van der Waals surface area (Å²) in [4.78, 5) is 11.9. The molecule has 0 aromatic heterocycles. The Labute approximate surface area is 128 Å². The first-order valence-electron chi connectivity index (χ1n) is 6.60. The number of primary sulfonamides is 1. The molecule has 1 heterocycles. The largest absolute Gasteiger partial charge is 0.378 e. The van der Waals surface area contributed by atoms with E-state index in [2.05, 4.69) is 5.32 Å². The second-order valence-electron chi connectivity index (χ2n) is 4.87. The molecule has 0 spiro atoms. The Morgan fingerprint density at radius 2 is 2.24 bits per heavy atom. The molecule has 0 aliphatic carbocycles. The molecule has 21 heavy (non-hydrogen) atoms. The first kappa shape index (κ1) is 16.2. The fraction of sp³-hybridized carbons (Fsp3) is 0.462. The molecular formula is C13H17ClN2O4S. The zero-order chi connectivity index (χ0) is 15.5. The Balaban J connectivity index is 2.01. The third kappa shape index (κ3) is 4.41. The van der Waals surface area contributed by atoms with Crippen molar-refractivity contribution in [2.24, 2.45) is 5.14 Å². The molecule has 3 N–H and O–H groups in total. The highest BCUT2D eigenvalue weighted by atomic mass is 35.5. The Hall–Kier alpha value is -1.15. The first-order chi connectivity index (χ1) is 9.88. The summed E-state index contributed by atoms with van der Waals surface area (Å²) in [5.41, 5.74) is 0.0931. The van der Waals surface area contributed by atoms with Crippen LogP contribution < -0.4 is 10.5 Å². The molecule has 1 fully saturated rings. The number of carbonyl (C=O) groups is 1. The zero-order valence-corrected chi connectivity index (χ0v) is 12.9. The summed E-state index contributed by atoms with van der Waals surface area (Å²) in [5.74, 6) is -0.427. The highest BCUT2D eigenvalue weighted by Crippen LogP contribution is 2.20. The van der Waals surface area contributed by atoms with Gasteiger partial charge in [-0.2, -0.15) is 0 Å². The van der Waals surface area contributed by atoms with Crippen LogP contribution in [0.5, 0.6) is 0 Å². The monoisotopic (exact) mass is 332 g/mol. The molecule has 1 aromatic rings. The molecular weight excluding hydrogens is 316 g/mol. The van der Waals surface area contributed by atoms with Gasteiger partial charge in [-0.1, -0.05) is 11.6 Å². The van der Waals surface area contributed by atoms with E-state index in [1.807, 2.05) is 0 Å². The predicted octanol–water partition coefficient (Wildman–Crippen LogP) is 1.29. The van der Waals surface area contributed by atoms with E-state index in [1.54, 1.807) is 0 Å². The molecule has 6 nitrogen and oxygen atoms in total. The van der Waals surface area contributed by atoms with Crippen LogP contribution in [0.15, 0.2) is 23.1 Å². The lowest BCUT2D eigenvalue weighted by molar-refractivity contribution is 0.0907. The number of nitrogens with two attached hydrogens (primary N) is 1. The van der Waals surface area contributed by atoms with Crippen LogP contribution in [0.4, 0.5) is 0 Å². The molecule has 1 aliphatic rings.